The molecule has 0 aromatic heterocycles. The zero-order valence-corrected chi connectivity index (χ0v) is 12.3. The van der Waals surface area contributed by atoms with E-state index in [9.17, 15) is 4.79 Å². The first-order chi connectivity index (χ1) is 7.96. The van der Waals surface area contributed by atoms with Gasteiger partial charge < -0.3 is 5.32 Å². The normalized spacial score (nSPS) is 11.3. The molecule has 1 amide bonds. The minimum absolute atomic E-state index is 0.0106. The molecule has 0 aliphatic carbocycles. The molecule has 0 bridgehead atoms. The van der Waals surface area contributed by atoms with E-state index < -0.39 is 0 Å². The molecular weight excluding hydrogens is 278 g/mol. The Morgan fingerprint density at radius 3 is 2.53 bits per heavy atom. The summed E-state index contributed by atoms with van der Waals surface area (Å²) in [5, 5.41) is 3.85. The molecule has 0 unspecified atom stereocenters. The third-order valence-corrected chi connectivity index (χ3v) is 3.14. The van der Waals surface area contributed by atoms with Crippen molar-refractivity contribution in [2.45, 2.75) is 32.6 Å². The van der Waals surface area contributed by atoms with Gasteiger partial charge in [-0.3, -0.25) is 4.79 Å². The quantitative estimate of drug-likeness (QED) is 0.669. The van der Waals surface area contributed by atoms with Gasteiger partial charge in [0.2, 0.25) is 0 Å². The molecule has 0 atom stereocenters. The van der Waals surface area contributed by atoms with E-state index >= 15 is 0 Å². The van der Waals surface area contributed by atoms with E-state index in [1.807, 2.05) is 24.3 Å². The van der Waals surface area contributed by atoms with Gasteiger partial charge in [-0.2, -0.15) is 0 Å². The molecule has 0 heterocycles. The average molecular weight is 298 g/mol. The van der Waals surface area contributed by atoms with Gasteiger partial charge in [-0.25, -0.2) is 0 Å². The Morgan fingerprint density at radius 2 is 1.94 bits per heavy atom. The van der Waals surface area contributed by atoms with Crippen molar-refractivity contribution in [3.8, 4) is 0 Å². The SMILES string of the molecule is CC(C)(C)c1ccccc1C(=O)NCCCBr. The first kappa shape index (κ1) is 14.2. The van der Waals surface area contributed by atoms with E-state index in [2.05, 4.69) is 42.0 Å². The van der Waals surface area contributed by atoms with Crippen LogP contribution in [0.5, 0.6) is 0 Å². The lowest BCUT2D eigenvalue weighted by Gasteiger charge is -2.22. The van der Waals surface area contributed by atoms with Crippen LogP contribution in [-0.4, -0.2) is 17.8 Å². The Morgan fingerprint density at radius 1 is 1.29 bits per heavy atom. The van der Waals surface area contributed by atoms with Gasteiger partial charge in [0.15, 0.2) is 0 Å². The van der Waals surface area contributed by atoms with Crippen molar-refractivity contribution in [1.29, 1.82) is 0 Å². The van der Waals surface area contributed by atoms with E-state index in [0.717, 1.165) is 22.9 Å². The summed E-state index contributed by atoms with van der Waals surface area (Å²) in [5.74, 6) is 0.0245. The van der Waals surface area contributed by atoms with Crippen LogP contribution in [0.25, 0.3) is 0 Å². The molecule has 0 saturated heterocycles. The van der Waals surface area contributed by atoms with E-state index in [0.29, 0.717) is 6.54 Å². The summed E-state index contributed by atoms with van der Waals surface area (Å²) in [6, 6.07) is 7.81. The topological polar surface area (TPSA) is 29.1 Å². The second-order valence-electron chi connectivity index (χ2n) is 5.09. The van der Waals surface area contributed by atoms with Crippen LogP contribution >= 0.6 is 15.9 Å². The Bertz CT molecular complexity index is 382. The maximum atomic E-state index is 12.1. The number of amides is 1. The molecule has 0 fully saturated rings. The molecule has 0 spiro atoms. The van der Waals surface area contributed by atoms with Gasteiger partial charge in [-0.15, -0.1) is 0 Å². The van der Waals surface area contributed by atoms with Gasteiger partial charge in [0, 0.05) is 17.4 Å². The summed E-state index contributed by atoms with van der Waals surface area (Å²) in [7, 11) is 0. The maximum absolute atomic E-state index is 12.1. The smallest absolute Gasteiger partial charge is 0.251 e. The molecule has 1 N–H and O–H groups in total. The van der Waals surface area contributed by atoms with E-state index in [-0.39, 0.29) is 11.3 Å². The molecule has 0 aliphatic heterocycles. The molecule has 0 saturated carbocycles. The zero-order valence-electron chi connectivity index (χ0n) is 10.7. The molecule has 1 rings (SSSR count). The molecule has 0 aliphatic rings. The Labute approximate surface area is 112 Å². The maximum Gasteiger partial charge on any atom is 0.251 e. The minimum atomic E-state index is -0.0106. The number of alkyl halides is 1. The van der Waals surface area contributed by atoms with Crippen molar-refractivity contribution < 1.29 is 4.79 Å². The van der Waals surface area contributed by atoms with E-state index in [4.69, 9.17) is 0 Å². The van der Waals surface area contributed by atoms with Crippen molar-refractivity contribution in [3.05, 3.63) is 35.4 Å². The van der Waals surface area contributed by atoms with E-state index in [1.54, 1.807) is 0 Å². The molecule has 94 valence electrons. The number of carbonyl (C=O) groups excluding carboxylic acids is 1. The van der Waals surface area contributed by atoms with Gasteiger partial charge in [-0.05, 0) is 23.5 Å². The first-order valence-corrected chi connectivity index (χ1v) is 7.02. The molecule has 1 aromatic rings. The van der Waals surface area contributed by atoms with Crippen LogP contribution < -0.4 is 5.32 Å². The van der Waals surface area contributed by atoms with Crippen LogP contribution in [0.3, 0.4) is 0 Å². The molecular formula is C14H20BrNO. The standard InChI is InChI=1S/C14H20BrNO/c1-14(2,3)12-8-5-4-7-11(12)13(17)16-10-6-9-15/h4-5,7-8H,6,9-10H2,1-3H3,(H,16,17). The van der Waals surface area contributed by atoms with Crippen molar-refractivity contribution in [2.24, 2.45) is 0 Å². The lowest BCUT2D eigenvalue weighted by atomic mass is 9.83. The predicted octanol–water partition coefficient (Wildman–Crippen LogP) is 3.50. The lowest BCUT2D eigenvalue weighted by Crippen LogP contribution is -2.28. The number of halogens is 1. The number of carbonyl (C=O) groups is 1. The third kappa shape index (κ3) is 4.15. The van der Waals surface area contributed by atoms with Crippen LogP contribution in [0.4, 0.5) is 0 Å². The monoisotopic (exact) mass is 297 g/mol. The van der Waals surface area contributed by atoms with Gasteiger partial charge in [0.05, 0.1) is 0 Å². The second-order valence-corrected chi connectivity index (χ2v) is 5.89. The minimum Gasteiger partial charge on any atom is -0.352 e. The summed E-state index contributed by atoms with van der Waals surface area (Å²) in [5.41, 5.74) is 1.87. The Kier molecular flexibility index (Phi) is 5.19. The highest BCUT2D eigenvalue weighted by molar-refractivity contribution is 9.09. The average Bonchev–Trinajstić information content (AvgIpc) is 2.28. The highest BCUT2D eigenvalue weighted by atomic mass is 79.9. The molecule has 3 heteroatoms. The third-order valence-electron chi connectivity index (χ3n) is 2.58. The summed E-state index contributed by atoms with van der Waals surface area (Å²) >= 11 is 3.35. The summed E-state index contributed by atoms with van der Waals surface area (Å²) in [6.45, 7) is 7.08. The van der Waals surface area contributed by atoms with Crippen LogP contribution in [-0.2, 0) is 5.41 Å². The predicted molar refractivity (Wildman–Crippen MR) is 75.9 cm³/mol. The zero-order chi connectivity index (χ0) is 12.9. The fourth-order valence-corrected chi connectivity index (χ4v) is 1.98. The summed E-state index contributed by atoms with van der Waals surface area (Å²) < 4.78 is 0. The van der Waals surface area contributed by atoms with E-state index in [1.165, 1.54) is 0 Å². The number of rotatable bonds is 4. The fraction of sp³-hybridized carbons (Fsp3) is 0.500. The molecule has 1 aromatic carbocycles. The highest BCUT2D eigenvalue weighted by Gasteiger charge is 2.20. The Balaban J connectivity index is 2.86. The molecule has 0 radical (unpaired) electrons. The number of hydrogen-bond acceptors (Lipinski definition) is 1. The van der Waals surface area contributed by atoms with Crippen LogP contribution in [0.2, 0.25) is 0 Å². The van der Waals surface area contributed by atoms with Gasteiger partial charge in [0.1, 0.15) is 0 Å². The fourth-order valence-electron chi connectivity index (χ4n) is 1.70. The lowest BCUT2D eigenvalue weighted by molar-refractivity contribution is 0.0951. The number of benzene rings is 1. The summed E-state index contributed by atoms with van der Waals surface area (Å²) in [4.78, 5) is 12.1. The number of nitrogens with one attached hydrogen (secondary N) is 1. The summed E-state index contributed by atoms with van der Waals surface area (Å²) in [6.07, 6.45) is 0.948. The highest BCUT2D eigenvalue weighted by Crippen LogP contribution is 2.25. The van der Waals surface area contributed by atoms with Gasteiger partial charge in [-0.1, -0.05) is 54.9 Å². The molecule has 17 heavy (non-hydrogen) atoms. The van der Waals surface area contributed by atoms with Crippen LogP contribution in [0.1, 0.15) is 43.1 Å². The number of hydrogen-bond donors (Lipinski definition) is 1. The van der Waals surface area contributed by atoms with Crippen molar-refractivity contribution >= 4 is 21.8 Å². The van der Waals surface area contributed by atoms with Gasteiger partial charge in [0.25, 0.3) is 5.91 Å². The van der Waals surface area contributed by atoms with Crippen LogP contribution in [0.15, 0.2) is 24.3 Å². The molecule has 2 nitrogen and oxygen atoms in total. The van der Waals surface area contributed by atoms with Crippen LogP contribution in [0, 0.1) is 0 Å². The largest absolute Gasteiger partial charge is 0.352 e. The van der Waals surface area contributed by atoms with Crippen molar-refractivity contribution in [2.75, 3.05) is 11.9 Å². The van der Waals surface area contributed by atoms with Gasteiger partial charge >= 0.3 is 0 Å². The Hall–Kier alpha value is -0.830. The van der Waals surface area contributed by atoms with Crippen molar-refractivity contribution in [3.63, 3.8) is 0 Å². The second kappa shape index (κ2) is 6.20. The van der Waals surface area contributed by atoms with Crippen molar-refractivity contribution in [1.82, 2.24) is 5.32 Å². The first-order valence-electron chi connectivity index (χ1n) is 5.90.